The number of nitrogens with zero attached hydrogens (tertiary/aromatic N) is 3. The van der Waals surface area contributed by atoms with E-state index in [9.17, 15) is 4.79 Å². The van der Waals surface area contributed by atoms with Gasteiger partial charge in [-0.1, -0.05) is 48.5 Å². The van der Waals surface area contributed by atoms with Crippen molar-refractivity contribution in [3.63, 3.8) is 0 Å². The van der Waals surface area contributed by atoms with Crippen LogP contribution in [0.5, 0.6) is 0 Å². The number of anilines is 2. The Balaban J connectivity index is 1.51. The van der Waals surface area contributed by atoms with Gasteiger partial charge >= 0.3 is 0 Å². The van der Waals surface area contributed by atoms with Crippen LogP contribution < -0.4 is 9.80 Å². The molecule has 0 atom stereocenters. The van der Waals surface area contributed by atoms with E-state index in [4.69, 9.17) is 0 Å². The summed E-state index contributed by atoms with van der Waals surface area (Å²) in [6.45, 7) is 4.55. The van der Waals surface area contributed by atoms with E-state index in [1.165, 1.54) is 11.1 Å². The summed E-state index contributed by atoms with van der Waals surface area (Å²) < 4.78 is 0. The molecular formula is C23H23N3O. The average Bonchev–Trinajstić information content (AvgIpc) is 3.16. The van der Waals surface area contributed by atoms with Gasteiger partial charge < -0.3 is 9.80 Å². The number of fused-ring (bicyclic) bond motifs is 1. The van der Waals surface area contributed by atoms with Crippen molar-refractivity contribution in [2.45, 2.75) is 19.9 Å². The van der Waals surface area contributed by atoms with Crippen molar-refractivity contribution >= 4 is 17.3 Å². The summed E-state index contributed by atoms with van der Waals surface area (Å²) in [5, 5.41) is 0. The van der Waals surface area contributed by atoms with Gasteiger partial charge in [0.05, 0.1) is 11.9 Å². The van der Waals surface area contributed by atoms with Gasteiger partial charge in [0.15, 0.2) is 0 Å². The first-order valence-electron chi connectivity index (χ1n) is 9.41. The van der Waals surface area contributed by atoms with Gasteiger partial charge in [-0.15, -0.1) is 0 Å². The van der Waals surface area contributed by atoms with Crippen LogP contribution in [0.4, 0.5) is 11.4 Å². The smallest absolute Gasteiger partial charge is 0.276 e. The number of aromatic nitrogens is 1. The third-order valence-corrected chi connectivity index (χ3v) is 5.06. The number of carbonyl (C=O) groups excluding carboxylic acids is 1. The van der Waals surface area contributed by atoms with Gasteiger partial charge in [-0.25, -0.2) is 4.98 Å². The minimum absolute atomic E-state index is 0.0300. The molecule has 1 aromatic heterocycles. The number of rotatable bonds is 5. The summed E-state index contributed by atoms with van der Waals surface area (Å²) in [4.78, 5) is 21.5. The van der Waals surface area contributed by atoms with Crippen LogP contribution in [0, 0.1) is 0 Å². The van der Waals surface area contributed by atoms with Crippen molar-refractivity contribution in [3.05, 3.63) is 89.7 Å². The number of pyridine rings is 1. The number of carbonyl (C=O) groups is 1. The zero-order valence-electron chi connectivity index (χ0n) is 15.5. The summed E-state index contributed by atoms with van der Waals surface area (Å²) in [7, 11) is 0. The summed E-state index contributed by atoms with van der Waals surface area (Å²) in [5.74, 6) is -0.0300. The standard InChI is InChI=1S/C23H23N3O/c1-2-25(17-18-8-4-3-5-9-18)20-12-13-21(24-16-20)23(27)26-15-14-19-10-6-7-11-22(19)26/h3-13,16H,2,14-15,17H2,1H3. The van der Waals surface area contributed by atoms with Crippen molar-refractivity contribution in [3.8, 4) is 0 Å². The molecule has 0 saturated carbocycles. The van der Waals surface area contributed by atoms with Gasteiger partial charge in [-0.2, -0.15) is 0 Å². The number of para-hydroxylation sites is 1. The predicted octanol–water partition coefficient (Wildman–Crippen LogP) is 4.31. The molecule has 1 aliphatic heterocycles. The zero-order valence-corrected chi connectivity index (χ0v) is 15.5. The first kappa shape index (κ1) is 17.3. The SMILES string of the molecule is CCN(Cc1ccccc1)c1ccc(C(=O)N2CCc3ccccc32)nc1. The van der Waals surface area contributed by atoms with Gasteiger partial charge in [0, 0.05) is 25.3 Å². The lowest BCUT2D eigenvalue weighted by molar-refractivity contribution is 0.0984. The molecule has 1 aliphatic rings. The molecule has 0 saturated heterocycles. The van der Waals surface area contributed by atoms with Crippen molar-refractivity contribution in [1.82, 2.24) is 4.98 Å². The highest BCUT2D eigenvalue weighted by Gasteiger charge is 2.25. The lowest BCUT2D eigenvalue weighted by Gasteiger charge is -2.23. The van der Waals surface area contributed by atoms with E-state index >= 15 is 0 Å². The molecule has 2 aromatic carbocycles. The van der Waals surface area contributed by atoms with Crippen LogP contribution in [0.1, 0.15) is 28.5 Å². The lowest BCUT2D eigenvalue weighted by Crippen LogP contribution is -2.29. The van der Waals surface area contributed by atoms with E-state index in [0.717, 1.165) is 37.4 Å². The molecule has 0 fully saturated rings. The fourth-order valence-corrected chi connectivity index (χ4v) is 3.58. The van der Waals surface area contributed by atoms with Crippen molar-refractivity contribution in [2.75, 3.05) is 22.9 Å². The number of hydrogen-bond acceptors (Lipinski definition) is 3. The molecule has 4 rings (SSSR count). The molecule has 136 valence electrons. The van der Waals surface area contributed by atoms with E-state index in [2.05, 4.69) is 47.1 Å². The Hall–Kier alpha value is -3.14. The minimum atomic E-state index is -0.0300. The largest absolute Gasteiger partial charge is 0.366 e. The van der Waals surface area contributed by atoms with Crippen molar-refractivity contribution in [2.24, 2.45) is 0 Å². The van der Waals surface area contributed by atoms with Crippen LogP contribution in [-0.2, 0) is 13.0 Å². The fraction of sp³-hybridized carbons (Fsp3) is 0.217. The fourth-order valence-electron chi connectivity index (χ4n) is 3.58. The van der Waals surface area contributed by atoms with Crippen LogP contribution in [0.15, 0.2) is 72.9 Å². The highest BCUT2D eigenvalue weighted by molar-refractivity contribution is 6.06. The lowest BCUT2D eigenvalue weighted by atomic mass is 10.2. The van der Waals surface area contributed by atoms with E-state index < -0.39 is 0 Å². The highest BCUT2D eigenvalue weighted by Crippen LogP contribution is 2.28. The summed E-state index contributed by atoms with van der Waals surface area (Å²) >= 11 is 0. The van der Waals surface area contributed by atoms with Crippen LogP contribution in [-0.4, -0.2) is 24.0 Å². The van der Waals surface area contributed by atoms with Crippen LogP contribution in [0.3, 0.4) is 0 Å². The number of benzene rings is 2. The molecule has 0 aliphatic carbocycles. The quantitative estimate of drug-likeness (QED) is 0.683. The second-order valence-electron chi connectivity index (χ2n) is 6.74. The van der Waals surface area contributed by atoms with Crippen LogP contribution in [0.2, 0.25) is 0 Å². The zero-order chi connectivity index (χ0) is 18.6. The maximum atomic E-state index is 12.9. The molecule has 0 spiro atoms. The average molecular weight is 357 g/mol. The Morgan fingerprint density at radius 3 is 2.56 bits per heavy atom. The van der Waals surface area contributed by atoms with Gasteiger partial charge in [0.1, 0.15) is 5.69 Å². The normalized spacial score (nSPS) is 12.7. The van der Waals surface area contributed by atoms with Crippen molar-refractivity contribution < 1.29 is 4.79 Å². The Bertz CT molecular complexity index is 922. The van der Waals surface area contributed by atoms with Gasteiger partial charge in [-0.05, 0) is 42.7 Å². The number of amides is 1. The summed E-state index contributed by atoms with van der Waals surface area (Å²) in [5.41, 5.74) is 5.01. The van der Waals surface area contributed by atoms with Crippen LogP contribution in [0.25, 0.3) is 0 Å². The van der Waals surface area contributed by atoms with Crippen molar-refractivity contribution in [1.29, 1.82) is 0 Å². The topological polar surface area (TPSA) is 36.4 Å². The Morgan fingerprint density at radius 1 is 1.04 bits per heavy atom. The molecule has 0 unspecified atom stereocenters. The molecule has 0 bridgehead atoms. The Labute approximate surface area is 160 Å². The van der Waals surface area contributed by atoms with E-state index in [1.54, 1.807) is 0 Å². The maximum absolute atomic E-state index is 12.9. The van der Waals surface area contributed by atoms with E-state index in [1.807, 2.05) is 47.5 Å². The molecule has 0 N–H and O–H groups in total. The van der Waals surface area contributed by atoms with Gasteiger partial charge in [0.2, 0.25) is 0 Å². The molecule has 1 amide bonds. The first-order valence-corrected chi connectivity index (χ1v) is 9.41. The second-order valence-corrected chi connectivity index (χ2v) is 6.74. The maximum Gasteiger partial charge on any atom is 0.276 e. The summed E-state index contributed by atoms with van der Waals surface area (Å²) in [6.07, 6.45) is 2.71. The molecule has 2 heterocycles. The monoisotopic (exact) mass is 357 g/mol. The van der Waals surface area contributed by atoms with Gasteiger partial charge in [-0.3, -0.25) is 4.79 Å². The molecule has 4 nitrogen and oxygen atoms in total. The Morgan fingerprint density at radius 2 is 1.81 bits per heavy atom. The van der Waals surface area contributed by atoms with Crippen LogP contribution >= 0.6 is 0 Å². The highest BCUT2D eigenvalue weighted by atomic mass is 16.2. The molecular weight excluding hydrogens is 334 g/mol. The summed E-state index contributed by atoms with van der Waals surface area (Å²) in [6, 6.07) is 22.3. The predicted molar refractivity (Wildman–Crippen MR) is 109 cm³/mol. The van der Waals surface area contributed by atoms with Gasteiger partial charge in [0.25, 0.3) is 5.91 Å². The molecule has 3 aromatic rings. The molecule has 4 heteroatoms. The molecule has 27 heavy (non-hydrogen) atoms. The third-order valence-electron chi connectivity index (χ3n) is 5.06. The Kier molecular flexibility index (Phi) is 4.88. The second kappa shape index (κ2) is 7.62. The number of hydrogen-bond donors (Lipinski definition) is 0. The first-order chi connectivity index (χ1) is 13.3. The van der Waals surface area contributed by atoms with E-state index in [0.29, 0.717) is 5.69 Å². The van der Waals surface area contributed by atoms with E-state index in [-0.39, 0.29) is 5.91 Å². The molecule has 0 radical (unpaired) electrons. The minimum Gasteiger partial charge on any atom is -0.366 e. The third kappa shape index (κ3) is 3.56.